The summed E-state index contributed by atoms with van der Waals surface area (Å²) in [6, 6.07) is 69.6. The minimum Gasteiger partial charge on any atom is -0.309 e. The van der Waals surface area contributed by atoms with Crippen LogP contribution in [-0.4, -0.2) is 4.57 Å². The van der Waals surface area contributed by atoms with E-state index >= 15 is 0 Å². The van der Waals surface area contributed by atoms with Gasteiger partial charge in [0.2, 0.25) is 0 Å². The number of nitrogens with zero attached hydrogens (tertiary/aromatic N) is 1. The largest absolute Gasteiger partial charge is 0.309 e. The molecule has 1 aliphatic rings. The highest BCUT2D eigenvalue weighted by Crippen LogP contribution is 2.52. The zero-order valence-electron chi connectivity index (χ0n) is 29.3. The molecule has 9 aromatic carbocycles. The number of benzene rings is 9. The number of thiophene rings is 1. The Morgan fingerprint density at radius 3 is 1.65 bits per heavy atom. The van der Waals surface area contributed by atoms with Crippen molar-refractivity contribution in [2.75, 3.05) is 0 Å². The summed E-state index contributed by atoms with van der Waals surface area (Å²) in [5, 5.41) is 7.96. The third-order valence-corrected chi connectivity index (χ3v) is 12.6. The van der Waals surface area contributed by atoms with Crippen LogP contribution in [-0.2, 0) is 0 Å². The molecular formula is C52H31NS. The normalized spacial score (nSPS) is 12.1. The van der Waals surface area contributed by atoms with E-state index in [4.69, 9.17) is 0 Å². The molecule has 1 nitrogen and oxygen atoms in total. The summed E-state index contributed by atoms with van der Waals surface area (Å²) in [7, 11) is 0. The summed E-state index contributed by atoms with van der Waals surface area (Å²) in [4.78, 5) is 0. The lowest BCUT2D eigenvalue weighted by atomic mass is 9.96. The summed E-state index contributed by atoms with van der Waals surface area (Å²) in [6.45, 7) is 0. The SMILES string of the molecule is c1ccc(-c2cc(-c3ccccc3)cc(-n3c4ccccc4c4cc(-c5ccc6sc7cc8c9c(cccc9c7c6c5)-c5ccccc5-8)ccc43)c2)cc1. The Labute approximate surface area is 316 Å². The van der Waals surface area contributed by atoms with Crippen LogP contribution < -0.4 is 0 Å². The van der Waals surface area contributed by atoms with Crippen LogP contribution >= 0.6 is 11.3 Å². The quantitative estimate of drug-likeness (QED) is 0.172. The number of fused-ring (bicyclic) bond motifs is 10. The summed E-state index contributed by atoms with van der Waals surface area (Å²) in [5.41, 5.74) is 16.3. The van der Waals surface area contributed by atoms with Crippen molar-refractivity contribution in [1.82, 2.24) is 4.57 Å². The Hall–Kier alpha value is -6.74. The molecule has 0 bridgehead atoms. The highest BCUT2D eigenvalue weighted by Gasteiger charge is 2.24. The Morgan fingerprint density at radius 1 is 0.296 bits per heavy atom. The molecule has 0 atom stereocenters. The molecule has 12 rings (SSSR count). The van der Waals surface area contributed by atoms with Crippen molar-refractivity contribution in [3.05, 3.63) is 188 Å². The maximum atomic E-state index is 2.45. The molecule has 250 valence electrons. The van der Waals surface area contributed by atoms with Gasteiger partial charge in [-0.2, -0.15) is 0 Å². The fraction of sp³-hybridized carbons (Fsp3) is 0. The highest BCUT2D eigenvalue weighted by molar-refractivity contribution is 7.26. The van der Waals surface area contributed by atoms with Crippen molar-refractivity contribution in [3.8, 4) is 61.3 Å². The molecule has 2 heterocycles. The summed E-state index contributed by atoms with van der Waals surface area (Å²) >= 11 is 1.91. The molecule has 0 N–H and O–H groups in total. The lowest BCUT2D eigenvalue weighted by Gasteiger charge is -2.14. The second-order valence-corrected chi connectivity index (χ2v) is 15.6. The molecule has 0 spiro atoms. The van der Waals surface area contributed by atoms with Gasteiger partial charge < -0.3 is 4.57 Å². The van der Waals surface area contributed by atoms with E-state index in [1.54, 1.807) is 0 Å². The van der Waals surface area contributed by atoms with E-state index in [0.29, 0.717) is 0 Å². The molecule has 0 radical (unpaired) electrons. The van der Waals surface area contributed by atoms with Crippen LogP contribution in [0.15, 0.2) is 188 Å². The monoisotopic (exact) mass is 701 g/mol. The van der Waals surface area contributed by atoms with Crippen molar-refractivity contribution in [2.24, 2.45) is 0 Å². The zero-order chi connectivity index (χ0) is 35.3. The third kappa shape index (κ3) is 4.32. The highest BCUT2D eigenvalue weighted by atomic mass is 32.1. The Kier molecular flexibility index (Phi) is 6.28. The van der Waals surface area contributed by atoms with Crippen LogP contribution in [0.25, 0.3) is 114 Å². The number of hydrogen-bond donors (Lipinski definition) is 0. The Balaban J connectivity index is 1.05. The van der Waals surface area contributed by atoms with E-state index in [-0.39, 0.29) is 0 Å². The van der Waals surface area contributed by atoms with Crippen molar-refractivity contribution >= 4 is 64.1 Å². The van der Waals surface area contributed by atoms with E-state index in [1.165, 1.54) is 108 Å². The maximum Gasteiger partial charge on any atom is 0.0541 e. The van der Waals surface area contributed by atoms with Crippen LogP contribution in [0.2, 0.25) is 0 Å². The minimum absolute atomic E-state index is 1.16. The predicted octanol–water partition coefficient (Wildman–Crippen LogP) is 15.0. The zero-order valence-corrected chi connectivity index (χ0v) is 30.1. The molecule has 2 heteroatoms. The van der Waals surface area contributed by atoms with Gasteiger partial charge in [0.1, 0.15) is 0 Å². The van der Waals surface area contributed by atoms with Crippen molar-refractivity contribution < 1.29 is 0 Å². The van der Waals surface area contributed by atoms with Gasteiger partial charge in [-0.25, -0.2) is 0 Å². The lowest BCUT2D eigenvalue weighted by Crippen LogP contribution is -1.96. The van der Waals surface area contributed by atoms with E-state index in [2.05, 4.69) is 193 Å². The molecule has 2 aromatic heterocycles. The van der Waals surface area contributed by atoms with Crippen LogP contribution in [0.1, 0.15) is 0 Å². The molecule has 0 unspecified atom stereocenters. The van der Waals surface area contributed by atoms with E-state index in [9.17, 15) is 0 Å². The third-order valence-electron chi connectivity index (χ3n) is 11.5. The molecule has 11 aromatic rings. The molecular weight excluding hydrogens is 671 g/mol. The Morgan fingerprint density at radius 2 is 0.889 bits per heavy atom. The summed E-state index contributed by atoms with van der Waals surface area (Å²) in [5.74, 6) is 0. The molecule has 0 fully saturated rings. The first kappa shape index (κ1) is 29.8. The van der Waals surface area contributed by atoms with Crippen LogP contribution in [0, 0.1) is 0 Å². The molecule has 0 saturated carbocycles. The first-order valence-corrected chi connectivity index (χ1v) is 19.4. The first-order valence-electron chi connectivity index (χ1n) is 18.6. The number of aromatic nitrogens is 1. The van der Waals surface area contributed by atoms with Crippen LogP contribution in [0.5, 0.6) is 0 Å². The number of rotatable bonds is 4. The molecule has 0 saturated heterocycles. The first-order chi connectivity index (χ1) is 26.8. The number of hydrogen-bond acceptors (Lipinski definition) is 1. The van der Waals surface area contributed by atoms with Crippen LogP contribution in [0.3, 0.4) is 0 Å². The standard InChI is InChI=1S/C52H31NS/c1-3-12-32(13-4-1)36-26-37(33-14-5-2-6-15-33)28-38(27-36)53-47-21-10-9-18-41(47)44-29-34(22-24-48(44)53)35-23-25-49-46(30-35)52-43-20-11-19-42-39-16-7-8-17-40(39)45(51(42)43)31-50(52)54-49/h1-31H. The van der Waals surface area contributed by atoms with Crippen LogP contribution in [0.4, 0.5) is 0 Å². The van der Waals surface area contributed by atoms with Gasteiger partial charge in [-0.15, -0.1) is 11.3 Å². The fourth-order valence-corrected chi connectivity index (χ4v) is 10.2. The average molecular weight is 702 g/mol. The summed E-state index contributed by atoms with van der Waals surface area (Å²) < 4.78 is 5.13. The topological polar surface area (TPSA) is 4.93 Å². The minimum atomic E-state index is 1.16. The van der Waals surface area contributed by atoms with Gasteiger partial charge in [-0.1, -0.05) is 133 Å². The molecule has 54 heavy (non-hydrogen) atoms. The second kappa shape index (κ2) is 11.4. The van der Waals surface area contributed by atoms with Gasteiger partial charge in [0, 0.05) is 36.6 Å². The number of para-hydroxylation sites is 1. The van der Waals surface area contributed by atoms with Crippen molar-refractivity contribution in [2.45, 2.75) is 0 Å². The predicted molar refractivity (Wildman–Crippen MR) is 232 cm³/mol. The van der Waals surface area contributed by atoms with Gasteiger partial charge in [0.15, 0.2) is 0 Å². The van der Waals surface area contributed by atoms with Gasteiger partial charge >= 0.3 is 0 Å². The van der Waals surface area contributed by atoms with Crippen molar-refractivity contribution in [3.63, 3.8) is 0 Å². The fourth-order valence-electron chi connectivity index (χ4n) is 9.08. The molecule has 1 aliphatic carbocycles. The van der Waals surface area contributed by atoms with Gasteiger partial charge in [-0.05, 0) is 121 Å². The molecule has 0 amide bonds. The van der Waals surface area contributed by atoms with Gasteiger partial charge in [0.25, 0.3) is 0 Å². The van der Waals surface area contributed by atoms with Crippen molar-refractivity contribution in [1.29, 1.82) is 0 Å². The van der Waals surface area contributed by atoms with E-state index < -0.39 is 0 Å². The van der Waals surface area contributed by atoms with Gasteiger partial charge in [-0.3, -0.25) is 0 Å². The van der Waals surface area contributed by atoms with E-state index in [1.807, 2.05) is 11.3 Å². The van der Waals surface area contributed by atoms with E-state index in [0.717, 1.165) is 5.69 Å². The van der Waals surface area contributed by atoms with Gasteiger partial charge in [0.05, 0.1) is 11.0 Å². The maximum absolute atomic E-state index is 2.45. The smallest absolute Gasteiger partial charge is 0.0541 e. The summed E-state index contributed by atoms with van der Waals surface area (Å²) in [6.07, 6.45) is 0. The second-order valence-electron chi connectivity index (χ2n) is 14.5. The average Bonchev–Trinajstić information content (AvgIpc) is 3.89. The molecule has 0 aliphatic heterocycles. The Bertz CT molecular complexity index is 3250. The lowest BCUT2D eigenvalue weighted by molar-refractivity contribution is 1.18.